The monoisotopic (exact) mass is 146 g/mol. The Bertz CT molecular complexity index is 70.4. The Morgan fingerprint density at radius 2 is 2.50 bits per heavy atom. The van der Waals surface area contributed by atoms with Crippen LogP contribution >= 0.6 is 0 Å². The van der Waals surface area contributed by atoms with E-state index in [-0.39, 0.29) is 9.68 Å². The molecule has 1 heterocycles. The van der Waals surface area contributed by atoms with E-state index in [1.54, 1.807) is 0 Å². The molecular weight excluding hydrogens is 132 g/mol. The van der Waals surface area contributed by atoms with Gasteiger partial charge in [0.15, 0.2) is 9.12 Å². The van der Waals surface area contributed by atoms with Gasteiger partial charge in [-0.05, 0) is 18.6 Å². The highest BCUT2D eigenvalue weighted by Crippen LogP contribution is 1.93. The molecule has 2 unspecified atom stereocenters. The lowest BCUT2D eigenvalue weighted by atomic mass is 10.4. The Balaban J connectivity index is 2.23. The predicted octanol–water partition coefficient (Wildman–Crippen LogP) is -1.08. The molecule has 1 aliphatic heterocycles. The molecule has 8 heavy (non-hydrogen) atoms. The molecule has 4 heteroatoms. The summed E-state index contributed by atoms with van der Waals surface area (Å²) in [6.45, 7) is 4.61. The van der Waals surface area contributed by atoms with Gasteiger partial charge < -0.3 is 9.63 Å². The van der Waals surface area contributed by atoms with Gasteiger partial charge >= 0.3 is 0 Å². The largest absolute Gasteiger partial charge is 0.355 e. The van der Waals surface area contributed by atoms with Crippen molar-refractivity contribution in [3.63, 3.8) is 0 Å². The SMILES string of the molecule is CC1C[SiH2]N[SiH](C)N1. The number of nitrogens with one attached hydrogen (secondary N) is 2. The second-order valence-corrected chi connectivity index (χ2v) is 7.02. The lowest BCUT2D eigenvalue weighted by Crippen LogP contribution is -2.55. The molecule has 1 aliphatic rings. The van der Waals surface area contributed by atoms with Crippen LogP contribution in [0.5, 0.6) is 0 Å². The van der Waals surface area contributed by atoms with Gasteiger partial charge in [-0.2, -0.15) is 0 Å². The summed E-state index contributed by atoms with van der Waals surface area (Å²) < 4.78 is 3.58. The highest BCUT2D eigenvalue weighted by molar-refractivity contribution is 6.63. The van der Waals surface area contributed by atoms with Gasteiger partial charge in [-0.15, -0.1) is 0 Å². The Kier molecular flexibility index (Phi) is 2.24. The molecule has 0 saturated carbocycles. The van der Waals surface area contributed by atoms with Gasteiger partial charge in [0.1, 0.15) is 0 Å². The van der Waals surface area contributed by atoms with Crippen LogP contribution < -0.4 is 9.63 Å². The molecule has 2 nitrogen and oxygen atoms in total. The van der Waals surface area contributed by atoms with Crippen molar-refractivity contribution in [1.82, 2.24) is 9.63 Å². The summed E-state index contributed by atoms with van der Waals surface area (Å²) >= 11 is 0. The first-order valence-electron chi connectivity index (χ1n) is 3.28. The first-order valence-corrected chi connectivity index (χ1v) is 7.30. The number of hydrogen-bond acceptors (Lipinski definition) is 2. The van der Waals surface area contributed by atoms with E-state index in [2.05, 4.69) is 23.1 Å². The Morgan fingerprint density at radius 1 is 1.75 bits per heavy atom. The fourth-order valence-electron chi connectivity index (χ4n) is 1.09. The molecule has 2 atom stereocenters. The topological polar surface area (TPSA) is 24.1 Å². The number of rotatable bonds is 0. The third-order valence-corrected chi connectivity index (χ3v) is 7.39. The van der Waals surface area contributed by atoms with Gasteiger partial charge in [-0.25, -0.2) is 0 Å². The second-order valence-electron chi connectivity index (χ2n) is 2.53. The molecule has 1 saturated heterocycles. The van der Waals surface area contributed by atoms with E-state index in [0.29, 0.717) is 0 Å². The van der Waals surface area contributed by atoms with Crippen LogP contribution in [-0.4, -0.2) is 24.8 Å². The Labute approximate surface area is 54.7 Å². The van der Waals surface area contributed by atoms with E-state index in [0.717, 1.165) is 6.04 Å². The fourth-order valence-corrected chi connectivity index (χ4v) is 5.91. The molecule has 1 rings (SSSR count). The summed E-state index contributed by atoms with van der Waals surface area (Å²) in [5, 5.41) is 0. The van der Waals surface area contributed by atoms with Crippen LogP contribution in [0, 0.1) is 0 Å². The maximum atomic E-state index is 3.58. The van der Waals surface area contributed by atoms with Crippen molar-refractivity contribution in [1.29, 1.82) is 0 Å². The minimum atomic E-state index is -0.591. The molecule has 48 valence electrons. The molecule has 2 N–H and O–H groups in total. The van der Waals surface area contributed by atoms with Crippen molar-refractivity contribution >= 4 is 18.8 Å². The molecular formula is C4H14N2Si2. The van der Waals surface area contributed by atoms with Crippen molar-refractivity contribution in [2.45, 2.75) is 25.6 Å². The van der Waals surface area contributed by atoms with Crippen LogP contribution in [0.4, 0.5) is 0 Å². The zero-order valence-electron chi connectivity index (χ0n) is 5.57. The second kappa shape index (κ2) is 2.77. The van der Waals surface area contributed by atoms with Crippen LogP contribution in [0.2, 0.25) is 12.6 Å². The summed E-state index contributed by atoms with van der Waals surface area (Å²) in [4.78, 5) is 3.54. The normalized spacial score (nSPS) is 42.8. The molecule has 0 amide bonds. The summed E-state index contributed by atoms with van der Waals surface area (Å²) in [7, 11) is -0.428. The van der Waals surface area contributed by atoms with Crippen molar-refractivity contribution in [2.75, 3.05) is 0 Å². The molecule has 0 radical (unpaired) electrons. The highest BCUT2D eigenvalue weighted by Gasteiger charge is 2.13. The Hall–Kier alpha value is 0.354. The minimum absolute atomic E-state index is 0.163. The highest BCUT2D eigenvalue weighted by atomic mass is 28.3. The van der Waals surface area contributed by atoms with E-state index in [9.17, 15) is 0 Å². The van der Waals surface area contributed by atoms with Crippen LogP contribution in [0.3, 0.4) is 0 Å². The van der Waals surface area contributed by atoms with Crippen molar-refractivity contribution in [2.24, 2.45) is 0 Å². The zero-order chi connectivity index (χ0) is 5.98. The molecule has 0 aromatic rings. The average molecular weight is 146 g/mol. The smallest absolute Gasteiger partial charge is 0.174 e. The van der Waals surface area contributed by atoms with Crippen molar-refractivity contribution < 1.29 is 0 Å². The van der Waals surface area contributed by atoms with Crippen LogP contribution in [0.25, 0.3) is 0 Å². The predicted molar refractivity (Wildman–Crippen MR) is 42.1 cm³/mol. The Morgan fingerprint density at radius 3 is 2.88 bits per heavy atom. The third kappa shape index (κ3) is 1.70. The van der Waals surface area contributed by atoms with Crippen molar-refractivity contribution in [3.05, 3.63) is 0 Å². The van der Waals surface area contributed by atoms with Gasteiger partial charge in [-0.1, -0.05) is 6.92 Å². The van der Waals surface area contributed by atoms with Gasteiger partial charge in [0.05, 0.1) is 9.68 Å². The van der Waals surface area contributed by atoms with Gasteiger partial charge in [-0.3, -0.25) is 0 Å². The van der Waals surface area contributed by atoms with E-state index in [4.69, 9.17) is 0 Å². The fraction of sp³-hybridized carbons (Fsp3) is 1.00. The van der Waals surface area contributed by atoms with Crippen LogP contribution in [0.1, 0.15) is 6.92 Å². The molecule has 0 aromatic carbocycles. The first kappa shape index (κ1) is 6.47. The van der Waals surface area contributed by atoms with Gasteiger partial charge in [0.25, 0.3) is 0 Å². The maximum Gasteiger partial charge on any atom is 0.174 e. The van der Waals surface area contributed by atoms with Gasteiger partial charge in [0.2, 0.25) is 0 Å². The van der Waals surface area contributed by atoms with E-state index >= 15 is 0 Å². The average Bonchev–Trinajstić information content (AvgIpc) is 1.64. The molecule has 0 spiro atoms. The third-order valence-electron chi connectivity index (χ3n) is 1.56. The maximum absolute atomic E-state index is 3.58. The summed E-state index contributed by atoms with van der Waals surface area (Å²) in [5.41, 5.74) is 0. The van der Waals surface area contributed by atoms with Crippen LogP contribution in [-0.2, 0) is 0 Å². The van der Waals surface area contributed by atoms with Crippen LogP contribution in [0.15, 0.2) is 0 Å². The standard InChI is InChI=1S/C4H14N2Si2/c1-4-3-7-6-8(2)5-4/h4-6,8H,3,7H2,1-2H3. The van der Waals surface area contributed by atoms with E-state index < -0.39 is 9.12 Å². The van der Waals surface area contributed by atoms with E-state index in [1.165, 1.54) is 6.04 Å². The van der Waals surface area contributed by atoms with E-state index in [1.807, 2.05) is 0 Å². The van der Waals surface area contributed by atoms with Gasteiger partial charge in [0, 0.05) is 0 Å². The lowest BCUT2D eigenvalue weighted by molar-refractivity contribution is 0.717. The van der Waals surface area contributed by atoms with Crippen molar-refractivity contribution in [3.8, 4) is 0 Å². The minimum Gasteiger partial charge on any atom is -0.355 e. The summed E-state index contributed by atoms with van der Waals surface area (Å²) in [5.74, 6) is 0. The summed E-state index contributed by atoms with van der Waals surface area (Å²) in [6.07, 6.45) is 0. The first-order chi connectivity index (χ1) is 3.79. The quantitative estimate of drug-likeness (QED) is 0.425. The molecule has 0 aromatic heterocycles. The molecule has 1 fully saturated rings. The molecule has 0 aliphatic carbocycles. The molecule has 0 bridgehead atoms. The number of hydrogen-bond donors (Lipinski definition) is 2. The zero-order valence-corrected chi connectivity index (χ0v) is 8.14. The summed E-state index contributed by atoms with van der Waals surface area (Å²) in [6, 6.07) is 2.25. The lowest BCUT2D eigenvalue weighted by Gasteiger charge is -2.25.